The van der Waals surface area contributed by atoms with Gasteiger partial charge in [-0.3, -0.25) is 0 Å². The van der Waals surface area contributed by atoms with Gasteiger partial charge in [0.1, 0.15) is 4.88 Å². The van der Waals surface area contributed by atoms with Gasteiger partial charge in [-0.05, 0) is 54.6 Å². The van der Waals surface area contributed by atoms with Gasteiger partial charge in [0.25, 0.3) is 0 Å². The summed E-state index contributed by atoms with van der Waals surface area (Å²) in [5, 5.41) is 4.66. The first-order valence-corrected chi connectivity index (χ1v) is 13.8. The molecule has 5 aromatic carbocycles. The van der Waals surface area contributed by atoms with E-state index in [9.17, 15) is 0 Å². The molecule has 0 unspecified atom stereocenters. The van der Waals surface area contributed by atoms with Crippen LogP contribution in [0.4, 0.5) is 11.4 Å². The molecule has 186 valence electrons. The molecule has 0 aliphatic heterocycles. The summed E-state index contributed by atoms with van der Waals surface area (Å²) in [6.07, 6.45) is 0. The van der Waals surface area contributed by atoms with Crippen LogP contribution in [0.15, 0.2) is 121 Å². The van der Waals surface area contributed by atoms with Gasteiger partial charge in [-0.15, -0.1) is 11.3 Å². The second-order valence-electron chi connectivity index (χ2n) is 9.91. The van der Waals surface area contributed by atoms with Gasteiger partial charge in [0.2, 0.25) is 0 Å². The van der Waals surface area contributed by atoms with Crippen LogP contribution < -0.4 is 11.5 Å². The Morgan fingerprint density at radius 2 is 1.15 bits per heavy atom. The molecule has 0 aliphatic rings. The third kappa shape index (κ3) is 3.15. The molecule has 3 aromatic heterocycles. The number of fused-ring (bicyclic) bond motifs is 5. The van der Waals surface area contributed by atoms with Crippen LogP contribution in [-0.2, 0) is 0 Å². The summed E-state index contributed by atoms with van der Waals surface area (Å²) < 4.78 is 5.88. The van der Waals surface area contributed by atoms with Gasteiger partial charge < -0.3 is 20.6 Å². The molecule has 39 heavy (non-hydrogen) atoms. The minimum absolute atomic E-state index is 0.786. The molecule has 0 saturated heterocycles. The van der Waals surface area contributed by atoms with Crippen LogP contribution in [0.2, 0.25) is 0 Å². The van der Waals surface area contributed by atoms with Crippen LogP contribution in [0.5, 0.6) is 0 Å². The summed E-state index contributed by atoms with van der Waals surface area (Å²) in [4.78, 5) is 1.11. The first-order valence-electron chi connectivity index (χ1n) is 13.0. The minimum atomic E-state index is 0.786. The summed E-state index contributed by atoms with van der Waals surface area (Å²) >= 11 is 1.76. The number of para-hydroxylation sites is 3. The topological polar surface area (TPSA) is 63.5 Å². The molecule has 0 amide bonds. The Kier molecular flexibility index (Phi) is 4.74. The van der Waals surface area contributed by atoms with Gasteiger partial charge in [-0.2, -0.15) is 0 Å². The van der Waals surface area contributed by atoms with E-state index < -0.39 is 0 Å². The van der Waals surface area contributed by atoms with Crippen LogP contribution in [0.3, 0.4) is 0 Å². The maximum absolute atomic E-state index is 6.94. The standard InChI is InChI=1S/C34H24N4S/c35-31-24-13-5-8-16-28(24)38(33(31)34-32(36)25-14-6-9-17-30(25)39-34)22-18-19-29-26(20-22)23-12-4-7-15-27(23)37(29)21-10-2-1-3-11-21/h1-20H,35-36H2/p+1. The predicted molar refractivity (Wildman–Crippen MR) is 165 cm³/mol. The maximum Gasteiger partial charge on any atom is 0.156 e. The molecule has 5 heteroatoms. The fourth-order valence-electron chi connectivity index (χ4n) is 6.00. The van der Waals surface area contributed by atoms with E-state index in [1.165, 1.54) is 31.9 Å². The van der Waals surface area contributed by atoms with E-state index in [4.69, 9.17) is 5.73 Å². The smallest absolute Gasteiger partial charge is 0.156 e. The number of nitrogens with two attached hydrogens (primary N) is 1. The average Bonchev–Trinajstić information content (AvgIpc) is 3.60. The number of hydrogen-bond donors (Lipinski definition) is 2. The molecule has 8 rings (SSSR count). The number of rotatable bonds is 3. The zero-order valence-corrected chi connectivity index (χ0v) is 22.0. The van der Waals surface area contributed by atoms with Crippen molar-refractivity contribution in [3.8, 4) is 21.9 Å². The molecule has 0 atom stereocenters. The zero-order chi connectivity index (χ0) is 26.1. The number of aromatic nitrogens is 2. The highest BCUT2D eigenvalue weighted by molar-refractivity contribution is 7.23. The van der Waals surface area contributed by atoms with Gasteiger partial charge in [0.05, 0.1) is 33.3 Å². The predicted octanol–water partition coefficient (Wildman–Crippen LogP) is 8.06. The highest BCUT2D eigenvalue weighted by Gasteiger charge is 2.24. The monoisotopic (exact) mass is 521 g/mol. The Labute approximate surface area is 228 Å². The number of anilines is 1. The number of hydrogen-bond acceptors (Lipinski definition) is 2. The summed E-state index contributed by atoms with van der Waals surface area (Å²) in [5.74, 6) is 0. The Morgan fingerprint density at radius 1 is 0.538 bits per heavy atom. The summed E-state index contributed by atoms with van der Waals surface area (Å²) in [5.41, 5.74) is 19.9. The van der Waals surface area contributed by atoms with Gasteiger partial charge >= 0.3 is 0 Å². The fourth-order valence-corrected chi connectivity index (χ4v) is 7.20. The second kappa shape index (κ2) is 8.33. The molecule has 0 bridgehead atoms. The normalized spacial score (nSPS) is 11.8. The zero-order valence-electron chi connectivity index (χ0n) is 21.1. The van der Waals surface area contributed by atoms with E-state index in [2.05, 4.69) is 136 Å². The number of thiophene rings is 1. The Morgan fingerprint density at radius 3 is 1.92 bits per heavy atom. The molecule has 0 aliphatic carbocycles. The van der Waals surface area contributed by atoms with Crippen molar-refractivity contribution in [3.05, 3.63) is 121 Å². The molecular weight excluding hydrogens is 496 g/mol. The lowest BCUT2D eigenvalue weighted by molar-refractivity contribution is -0.251. The number of quaternary nitrogens is 1. The first-order chi connectivity index (χ1) is 19.2. The Hall–Kier alpha value is -4.84. The van der Waals surface area contributed by atoms with Crippen molar-refractivity contribution in [1.82, 2.24) is 9.13 Å². The van der Waals surface area contributed by atoms with E-state index in [1.54, 1.807) is 11.3 Å². The van der Waals surface area contributed by atoms with Crippen molar-refractivity contribution in [3.63, 3.8) is 0 Å². The highest BCUT2D eigenvalue weighted by Crippen LogP contribution is 2.47. The van der Waals surface area contributed by atoms with Crippen molar-refractivity contribution in [2.75, 3.05) is 5.73 Å². The SMILES string of the molecule is Nc1c(-c2sc3ccccc3c2[NH3+])n(-c2ccc3c(c2)c2ccccc2n3-c2ccccc2)c2ccccc12. The lowest BCUT2D eigenvalue weighted by atomic mass is 10.1. The van der Waals surface area contributed by atoms with Crippen LogP contribution in [-0.4, -0.2) is 9.13 Å². The molecule has 8 aromatic rings. The van der Waals surface area contributed by atoms with Crippen LogP contribution in [0.25, 0.3) is 64.7 Å². The lowest BCUT2D eigenvalue weighted by Crippen LogP contribution is -2.40. The number of benzene rings is 5. The van der Waals surface area contributed by atoms with Crippen molar-refractivity contribution in [2.24, 2.45) is 0 Å². The van der Waals surface area contributed by atoms with Crippen LogP contribution >= 0.6 is 11.3 Å². The number of nitrogens with zero attached hydrogens (tertiary/aromatic N) is 2. The maximum atomic E-state index is 6.94. The summed E-state index contributed by atoms with van der Waals surface area (Å²) in [7, 11) is 0. The highest BCUT2D eigenvalue weighted by atomic mass is 32.1. The molecule has 5 N–H and O–H groups in total. The molecule has 0 radical (unpaired) electrons. The molecule has 0 saturated carbocycles. The molecule has 0 spiro atoms. The summed E-state index contributed by atoms with van der Waals surface area (Å²) in [6.45, 7) is 0. The minimum Gasteiger partial charge on any atom is -0.396 e. The van der Waals surface area contributed by atoms with Crippen molar-refractivity contribution < 1.29 is 5.73 Å². The molecular formula is C34H25N4S+. The van der Waals surface area contributed by atoms with E-state index >= 15 is 0 Å². The molecule has 4 nitrogen and oxygen atoms in total. The molecule has 0 fully saturated rings. The fraction of sp³-hybridized carbons (Fsp3) is 0. The van der Waals surface area contributed by atoms with Crippen LogP contribution in [0, 0.1) is 0 Å². The Bertz CT molecular complexity index is 2200. The van der Waals surface area contributed by atoms with E-state index in [0.29, 0.717) is 0 Å². The van der Waals surface area contributed by atoms with Crippen molar-refractivity contribution >= 4 is 65.5 Å². The summed E-state index contributed by atoms with van der Waals surface area (Å²) in [6, 6.07) is 42.8. The van der Waals surface area contributed by atoms with Gasteiger partial charge in [0.15, 0.2) is 5.69 Å². The van der Waals surface area contributed by atoms with E-state index in [0.717, 1.165) is 44.2 Å². The van der Waals surface area contributed by atoms with Crippen LogP contribution in [0.1, 0.15) is 0 Å². The quantitative estimate of drug-likeness (QED) is 0.243. The Balaban J connectivity index is 1.46. The number of nitrogen functional groups attached to an aromatic ring is 1. The second-order valence-corrected chi connectivity index (χ2v) is 11.0. The lowest BCUT2D eigenvalue weighted by Gasteiger charge is -2.12. The third-order valence-corrected chi connectivity index (χ3v) is 8.98. The van der Waals surface area contributed by atoms with Gasteiger partial charge in [-0.1, -0.05) is 66.7 Å². The third-order valence-electron chi connectivity index (χ3n) is 7.76. The first kappa shape index (κ1) is 22.2. The van der Waals surface area contributed by atoms with Gasteiger partial charge in [-0.25, -0.2) is 0 Å². The van der Waals surface area contributed by atoms with Crippen molar-refractivity contribution in [1.29, 1.82) is 0 Å². The van der Waals surface area contributed by atoms with Gasteiger partial charge in [0, 0.05) is 32.2 Å². The molecule has 3 heterocycles. The van der Waals surface area contributed by atoms with Crippen molar-refractivity contribution in [2.45, 2.75) is 0 Å². The largest absolute Gasteiger partial charge is 0.396 e. The van der Waals surface area contributed by atoms with E-state index in [-0.39, 0.29) is 0 Å². The van der Waals surface area contributed by atoms with E-state index in [1.807, 2.05) is 0 Å². The average molecular weight is 522 g/mol.